The minimum absolute atomic E-state index is 0.0351. The zero-order valence-electron chi connectivity index (χ0n) is 19.8. The molecule has 4 rings (SSSR count). The lowest BCUT2D eigenvalue weighted by atomic mass is 10.0. The van der Waals surface area contributed by atoms with Crippen LogP contribution >= 0.6 is 0 Å². The molecule has 7 N–H and O–H groups in total. The number of carbonyl (C=O) groups is 1. The van der Waals surface area contributed by atoms with E-state index in [4.69, 9.17) is 5.73 Å². The molecule has 0 radical (unpaired) electrons. The molecular weight excluding hydrogens is 484 g/mol. The van der Waals surface area contributed by atoms with Crippen LogP contribution < -0.4 is 26.0 Å². The molecule has 0 aliphatic carbocycles. The zero-order valence-corrected chi connectivity index (χ0v) is 20.6. The Morgan fingerprint density at radius 3 is 2.53 bits per heavy atom. The molecule has 12 heteroatoms. The summed E-state index contributed by atoms with van der Waals surface area (Å²) >= 11 is 0. The number of nitrogens with one attached hydrogen (secondary N) is 3. The van der Waals surface area contributed by atoms with E-state index in [0.717, 1.165) is 43.4 Å². The van der Waals surface area contributed by atoms with Gasteiger partial charge in [0.05, 0.1) is 18.0 Å². The van der Waals surface area contributed by atoms with Crippen molar-refractivity contribution in [1.82, 2.24) is 10.6 Å². The molecule has 36 heavy (non-hydrogen) atoms. The number of aliphatic hydroxyl groups excluding tert-OH is 1. The van der Waals surface area contributed by atoms with Gasteiger partial charge in [-0.25, -0.2) is 13.4 Å². The van der Waals surface area contributed by atoms with E-state index in [0.29, 0.717) is 12.1 Å². The molecule has 1 unspecified atom stereocenters. The van der Waals surface area contributed by atoms with Gasteiger partial charge >= 0.3 is 0 Å². The maximum atomic E-state index is 11.7. The third kappa shape index (κ3) is 6.53. The molecule has 0 saturated carbocycles. The first-order valence-corrected chi connectivity index (χ1v) is 13.4. The number of nitrogens with zero attached hydrogens (tertiary/aromatic N) is 2. The summed E-state index contributed by atoms with van der Waals surface area (Å²) in [6.45, 7) is 2.00. The SMILES string of the molecule is CS(=O)(=O)Nc1cc(C(O)CNC2CCN(c3ccc(/C=C4/N=C(N)NC4=O)cc3)CC2)ccc1O. The van der Waals surface area contributed by atoms with Crippen molar-refractivity contribution < 1.29 is 23.4 Å². The van der Waals surface area contributed by atoms with Crippen molar-refractivity contribution in [3.63, 3.8) is 0 Å². The van der Waals surface area contributed by atoms with Crippen LogP contribution in [0.4, 0.5) is 11.4 Å². The van der Waals surface area contributed by atoms with E-state index in [1.807, 2.05) is 24.3 Å². The van der Waals surface area contributed by atoms with Crippen molar-refractivity contribution in [3.05, 3.63) is 59.3 Å². The molecule has 1 fully saturated rings. The highest BCUT2D eigenvalue weighted by atomic mass is 32.2. The van der Waals surface area contributed by atoms with Gasteiger partial charge in [0, 0.05) is 31.4 Å². The van der Waals surface area contributed by atoms with Crippen LogP contribution in [0.5, 0.6) is 5.75 Å². The maximum absolute atomic E-state index is 11.7. The molecular formula is C24H30N6O5S. The Labute approximate surface area is 209 Å². The van der Waals surface area contributed by atoms with Gasteiger partial charge in [0.2, 0.25) is 16.0 Å². The van der Waals surface area contributed by atoms with Crippen LogP contribution in [0, 0.1) is 0 Å². The third-order valence-corrected chi connectivity index (χ3v) is 6.66. The molecule has 0 spiro atoms. The lowest BCUT2D eigenvalue weighted by molar-refractivity contribution is -0.115. The van der Waals surface area contributed by atoms with E-state index in [1.165, 1.54) is 12.1 Å². The van der Waals surface area contributed by atoms with Gasteiger partial charge in [-0.3, -0.25) is 14.8 Å². The Kier molecular flexibility index (Phi) is 7.48. The number of carbonyl (C=O) groups excluding carboxylic acids is 1. The Bertz CT molecular complexity index is 1280. The first-order valence-electron chi connectivity index (χ1n) is 11.5. The monoisotopic (exact) mass is 514 g/mol. The van der Waals surface area contributed by atoms with Crippen molar-refractivity contribution in [2.24, 2.45) is 10.7 Å². The van der Waals surface area contributed by atoms with Crippen LogP contribution in [-0.4, -0.2) is 62.4 Å². The van der Waals surface area contributed by atoms with E-state index in [1.54, 1.807) is 12.1 Å². The second-order valence-electron chi connectivity index (χ2n) is 8.91. The number of phenols is 1. The summed E-state index contributed by atoms with van der Waals surface area (Å²) in [6.07, 6.45) is 3.62. The summed E-state index contributed by atoms with van der Waals surface area (Å²) in [4.78, 5) is 18.0. The molecule has 1 amide bonds. The number of hydrogen-bond donors (Lipinski definition) is 6. The molecule has 192 valence electrons. The summed E-state index contributed by atoms with van der Waals surface area (Å²) in [5, 5.41) is 26.3. The number of amides is 1. The van der Waals surface area contributed by atoms with Gasteiger partial charge in [0.25, 0.3) is 5.91 Å². The molecule has 2 aromatic rings. The number of phenolic OH excluding ortho intramolecular Hbond substituents is 1. The van der Waals surface area contributed by atoms with E-state index < -0.39 is 16.1 Å². The van der Waals surface area contributed by atoms with Crippen LogP contribution in [0.3, 0.4) is 0 Å². The maximum Gasteiger partial charge on any atom is 0.276 e. The number of guanidine groups is 1. The number of benzene rings is 2. The molecule has 1 atom stereocenters. The Morgan fingerprint density at radius 1 is 1.22 bits per heavy atom. The molecule has 0 aromatic heterocycles. The van der Waals surface area contributed by atoms with Crippen molar-refractivity contribution in [3.8, 4) is 5.75 Å². The van der Waals surface area contributed by atoms with Crippen molar-refractivity contribution in [2.75, 3.05) is 35.5 Å². The molecule has 1 saturated heterocycles. The summed E-state index contributed by atoms with van der Waals surface area (Å²) in [5.41, 5.74) is 8.29. The fourth-order valence-electron chi connectivity index (χ4n) is 4.21. The van der Waals surface area contributed by atoms with Crippen molar-refractivity contribution >= 4 is 39.3 Å². The third-order valence-electron chi connectivity index (χ3n) is 6.07. The van der Waals surface area contributed by atoms with Crippen LogP contribution in [0.1, 0.15) is 30.1 Å². The molecule has 2 aromatic carbocycles. The largest absolute Gasteiger partial charge is 0.506 e. The second-order valence-corrected chi connectivity index (χ2v) is 10.7. The fourth-order valence-corrected chi connectivity index (χ4v) is 4.77. The van der Waals surface area contributed by atoms with E-state index in [-0.39, 0.29) is 35.0 Å². The first-order chi connectivity index (χ1) is 17.1. The highest BCUT2D eigenvalue weighted by Crippen LogP contribution is 2.28. The number of aliphatic imine (C=N–C) groups is 1. The number of nitrogens with two attached hydrogens (primary N) is 1. The second kappa shape index (κ2) is 10.6. The van der Waals surface area contributed by atoms with Crippen LogP contribution in [-0.2, 0) is 14.8 Å². The average Bonchev–Trinajstić information content (AvgIpc) is 3.15. The number of sulfonamides is 1. The first kappa shape index (κ1) is 25.5. The topological polar surface area (TPSA) is 169 Å². The highest BCUT2D eigenvalue weighted by Gasteiger charge is 2.21. The van der Waals surface area contributed by atoms with E-state index >= 15 is 0 Å². The summed E-state index contributed by atoms with van der Waals surface area (Å²) in [5.74, 6) is -0.417. The number of aromatic hydroxyl groups is 1. The standard InChI is InChI=1S/C24H30N6O5S/c1-36(34,35)29-19-13-16(4-7-21(19)31)22(32)14-26-17-8-10-30(11-9-17)18-5-2-15(3-6-18)12-20-23(33)28-24(25)27-20/h2-7,12-13,17,22,26,29,31-32H,8-11,14H2,1H3,(H3,25,27,28,33)/b20-12+. The Balaban J connectivity index is 1.27. The number of hydrogen-bond acceptors (Lipinski definition) is 9. The smallest absolute Gasteiger partial charge is 0.276 e. The number of piperidine rings is 1. The molecule has 0 bridgehead atoms. The lowest BCUT2D eigenvalue weighted by Gasteiger charge is -2.34. The average molecular weight is 515 g/mol. The molecule has 2 heterocycles. The van der Waals surface area contributed by atoms with Crippen LogP contribution in [0.2, 0.25) is 0 Å². The van der Waals surface area contributed by atoms with E-state index in [2.05, 4.69) is 25.2 Å². The normalized spacial score (nSPS) is 18.7. The number of anilines is 2. The van der Waals surface area contributed by atoms with Gasteiger partial charge in [-0.05, 0) is 54.3 Å². The fraction of sp³-hybridized carbons (Fsp3) is 0.333. The summed E-state index contributed by atoms with van der Waals surface area (Å²) in [6, 6.07) is 12.5. The molecule has 2 aliphatic heterocycles. The Morgan fingerprint density at radius 2 is 1.92 bits per heavy atom. The Hall–Kier alpha value is -3.61. The van der Waals surface area contributed by atoms with Crippen LogP contribution in [0.15, 0.2) is 53.2 Å². The number of aliphatic hydroxyl groups is 1. The van der Waals surface area contributed by atoms with Crippen molar-refractivity contribution in [1.29, 1.82) is 0 Å². The summed E-state index contributed by atoms with van der Waals surface area (Å²) < 4.78 is 25.2. The van der Waals surface area contributed by atoms with Crippen molar-refractivity contribution in [2.45, 2.75) is 25.0 Å². The molecule has 2 aliphatic rings. The van der Waals surface area contributed by atoms with Gasteiger partial charge in [-0.15, -0.1) is 0 Å². The van der Waals surface area contributed by atoms with Gasteiger partial charge < -0.3 is 26.2 Å². The van der Waals surface area contributed by atoms with E-state index in [9.17, 15) is 23.4 Å². The summed E-state index contributed by atoms with van der Waals surface area (Å²) in [7, 11) is -3.55. The van der Waals surface area contributed by atoms with Crippen LogP contribution in [0.25, 0.3) is 6.08 Å². The minimum atomic E-state index is -3.55. The predicted molar refractivity (Wildman–Crippen MR) is 139 cm³/mol. The lowest BCUT2D eigenvalue weighted by Crippen LogP contribution is -2.43. The zero-order chi connectivity index (χ0) is 25.9. The quantitative estimate of drug-likeness (QED) is 0.222. The van der Waals surface area contributed by atoms with Gasteiger partial charge in [-0.1, -0.05) is 18.2 Å². The van der Waals surface area contributed by atoms with Gasteiger partial charge in [0.1, 0.15) is 11.4 Å². The highest BCUT2D eigenvalue weighted by molar-refractivity contribution is 7.92. The predicted octanol–water partition coefficient (Wildman–Crippen LogP) is 0.841. The minimum Gasteiger partial charge on any atom is -0.506 e. The van der Waals surface area contributed by atoms with Gasteiger partial charge in [-0.2, -0.15) is 0 Å². The van der Waals surface area contributed by atoms with Gasteiger partial charge in [0.15, 0.2) is 0 Å². The number of rotatable bonds is 8. The molecule has 11 nitrogen and oxygen atoms in total.